The third-order valence-corrected chi connectivity index (χ3v) is 5.45. The number of aromatic nitrogens is 1. The van der Waals surface area contributed by atoms with Crippen molar-refractivity contribution in [1.82, 2.24) is 4.98 Å². The minimum atomic E-state index is -0.767. The normalized spacial score (nSPS) is 11.7. The molecule has 0 unspecified atom stereocenters. The molecule has 0 aliphatic rings. The van der Waals surface area contributed by atoms with Crippen LogP contribution in [0.15, 0.2) is 34.7 Å². The van der Waals surface area contributed by atoms with E-state index in [2.05, 4.69) is 4.98 Å². The number of unbranched alkanes of at least 4 members (excludes halogenated alkanes) is 1. The first kappa shape index (κ1) is 20.5. The first-order valence-corrected chi connectivity index (χ1v) is 9.85. The van der Waals surface area contributed by atoms with Crippen molar-refractivity contribution in [3.8, 4) is 11.5 Å². The Hall–Kier alpha value is -1.79. The summed E-state index contributed by atoms with van der Waals surface area (Å²) in [6, 6.07) is 9.86. The molecule has 142 valence electrons. The Balaban J connectivity index is 1.63. The fourth-order valence-corrected chi connectivity index (χ4v) is 3.31. The Bertz CT molecular complexity index is 697. The molecular formula is C20H27NO4S. The lowest BCUT2D eigenvalue weighted by atomic mass is 10.2. The molecule has 1 heterocycles. The van der Waals surface area contributed by atoms with E-state index in [-0.39, 0.29) is 0 Å². The number of nitrogens with zero attached hydrogens (tertiary/aromatic N) is 1. The van der Waals surface area contributed by atoms with Crippen LogP contribution in [-0.4, -0.2) is 39.8 Å². The quantitative estimate of drug-likeness (QED) is 0.578. The van der Waals surface area contributed by atoms with Crippen molar-refractivity contribution >= 4 is 17.7 Å². The van der Waals surface area contributed by atoms with E-state index in [1.54, 1.807) is 13.8 Å². The number of rotatable bonds is 11. The molecule has 0 saturated heterocycles. The fourth-order valence-electron chi connectivity index (χ4n) is 2.33. The number of hydrogen-bond donors (Lipinski definition) is 1. The van der Waals surface area contributed by atoms with Crippen molar-refractivity contribution in [2.75, 3.05) is 19.0 Å². The lowest BCUT2D eigenvalue weighted by Crippen LogP contribution is -2.27. The summed E-state index contributed by atoms with van der Waals surface area (Å²) in [6.45, 7) is 6.68. The standard InChI is InChI=1S/C20H27NO4S/c1-15-17(21-18(25-15)16-9-5-4-6-10-16)11-13-24-12-7-8-14-26-20(2,3)19(22)23/h4-6,9-10H,7-8,11-14H2,1-3H3,(H,22,23). The highest BCUT2D eigenvalue weighted by Gasteiger charge is 2.26. The Morgan fingerprint density at radius 1 is 1.23 bits per heavy atom. The van der Waals surface area contributed by atoms with Gasteiger partial charge in [-0.15, -0.1) is 11.8 Å². The summed E-state index contributed by atoms with van der Waals surface area (Å²) in [5.74, 6) is 1.54. The maximum Gasteiger partial charge on any atom is 0.319 e. The van der Waals surface area contributed by atoms with Gasteiger partial charge in [-0.05, 0) is 51.5 Å². The molecule has 0 amide bonds. The number of aliphatic carboxylic acids is 1. The molecule has 0 aliphatic heterocycles. The second-order valence-corrected chi connectivity index (χ2v) is 8.34. The van der Waals surface area contributed by atoms with E-state index in [1.807, 2.05) is 37.3 Å². The molecular weight excluding hydrogens is 350 g/mol. The molecule has 1 N–H and O–H groups in total. The zero-order valence-electron chi connectivity index (χ0n) is 15.7. The van der Waals surface area contributed by atoms with Gasteiger partial charge >= 0.3 is 5.97 Å². The van der Waals surface area contributed by atoms with Gasteiger partial charge in [-0.1, -0.05) is 18.2 Å². The molecule has 5 nitrogen and oxygen atoms in total. The van der Waals surface area contributed by atoms with Crippen molar-refractivity contribution < 1.29 is 19.1 Å². The van der Waals surface area contributed by atoms with E-state index in [0.717, 1.165) is 42.0 Å². The Morgan fingerprint density at radius 3 is 2.65 bits per heavy atom. The van der Waals surface area contributed by atoms with Crippen molar-refractivity contribution in [2.24, 2.45) is 0 Å². The summed E-state index contributed by atoms with van der Waals surface area (Å²) in [5.41, 5.74) is 1.91. The molecule has 1 aromatic heterocycles. The molecule has 0 radical (unpaired) electrons. The van der Waals surface area contributed by atoms with Crippen LogP contribution in [0.3, 0.4) is 0 Å². The molecule has 0 aliphatic carbocycles. The number of oxazole rings is 1. The number of carbonyl (C=O) groups is 1. The van der Waals surface area contributed by atoms with Gasteiger partial charge in [0, 0.05) is 18.6 Å². The summed E-state index contributed by atoms with van der Waals surface area (Å²) in [7, 11) is 0. The van der Waals surface area contributed by atoms with E-state index < -0.39 is 10.7 Å². The highest BCUT2D eigenvalue weighted by molar-refractivity contribution is 8.01. The van der Waals surface area contributed by atoms with Gasteiger partial charge in [0.2, 0.25) is 5.89 Å². The van der Waals surface area contributed by atoms with Crippen LogP contribution in [-0.2, 0) is 16.0 Å². The summed E-state index contributed by atoms with van der Waals surface area (Å²) < 4.78 is 10.7. The summed E-state index contributed by atoms with van der Waals surface area (Å²) in [4.78, 5) is 15.6. The third-order valence-electron chi connectivity index (χ3n) is 4.06. The molecule has 2 aromatic rings. The molecule has 2 rings (SSSR count). The van der Waals surface area contributed by atoms with E-state index in [0.29, 0.717) is 19.1 Å². The number of aryl methyl sites for hydroxylation is 1. The van der Waals surface area contributed by atoms with Gasteiger partial charge in [0.25, 0.3) is 0 Å². The van der Waals surface area contributed by atoms with E-state index in [9.17, 15) is 4.79 Å². The highest BCUT2D eigenvalue weighted by atomic mass is 32.2. The monoisotopic (exact) mass is 377 g/mol. The Labute approximate surface area is 159 Å². The number of carboxylic acid groups (broad SMARTS) is 1. The average molecular weight is 378 g/mol. The predicted molar refractivity (Wildman–Crippen MR) is 105 cm³/mol. The molecule has 0 atom stereocenters. The van der Waals surface area contributed by atoms with Crippen LogP contribution in [0.1, 0.15) is 38.1 Å². The number of hydrogen-bond acceptors (Lipinski definition) is 5. The lowest BCUT2D eigenvalue weighted by Gasteiger charge is -2.17. The SMILES string of the molecule is Cc1oc(-c2ccccc2)nc1CCOCCCCSC(C)(C)C(=O)O. The predicted octanol–water partition coefficient (Wildman–Crippen LogP) is 4.59. The van der Waals surface area contributed by atoms with Crippen molar-refractivity contribution in [3.05, 3.63) is 41.8 Å². The fraction of sp³-hybridized carbons (Fsp3) is 0.500. The second kappa shape index (κ2) is 9.78. The maximum absolute atomic E-state index is 11.0. The van der Waals surface area contributed by atoms with Crippen molar-refractivity contribution in [3.63, 3.8) is 0 Å². The van der Waals surface area contributed by atoms with Gasteiger partial charge in [0.1, 0.15) is 10.5 Å². The number of ether oxygens (including phenoxy) is 1. The molecule has 0 bridgehead atoms. The lowest BCUT2D eigenvalue weighted by molar-refractivity contribution is -0.138. The van der Waals surface area contributed by atoms with Gasteiger partial charge in [0.05, 0.1) is 12.3 Å². The largest absolute Gasteiger partial charge is 0.480 e. The zero-order valence-corrected chi connectivity index (χ0v) is 16.5. The van der Waals surface area contributed by atoms with E-state index in [4.69, 9.17) is 14.3 Å². The molecule has 0 saturated carbocycles. The van der Waals surface area contributed by atoms with Crippen LogP contribution >= 0.6 is 11.8 Å². The minimum absolute atomic E-state index is 0.607. The van der Waals surface area contributed by atoms with Crippen LogP contribution < -0.4 is 0 Å². The van der Waals surface area contributed by atoms with Gasteiger partial charge < -0.3 is 14.3 Å². The third kappa shape index (κ3) is 6.18. The second-order valence-electron chi connectivity index (χ2n) is 6.62. The summed E-state index contributed by atoms with van der Waals surface area (Å²) in [5, 5.41) is 9.06. The Kier molecular flexibility index (Phi) is 7.72. The maximum atomic E-state index is 11.0. The summed E-state index contributed by atoms with van der Waals surface area (Å²) in [6.07, 6.45) is 2.60. The average Bonchev–Trinajstić information content (AvgIpc) is 2.98. The first-order valence-electron chi connectivity index (χ1n) is 8.87. The minimum Gasteiger partial charge on any atom is -0.480 e. The topological polar surface area (TPSA) is 72.6 Å². The van der Waals surface area contributed by atoms with Crippen LogP contribution in [0.2, 0.25) is 0 Å². The first-order chi connectivity index (χ1) is 12.4. The van der Waals surface area contributed by atoms with Gasteiger partial charge in [-0.2, -0.15) is 0 Å². The van der Waals surface area contributed by atoms with Crippen LogP contribution in [0.5, 0.6) is 0 Å². The molecule has 1 aromatic carbocycles. The molecule has 0 spiro atoms. The van der Waals surface area contributed by atoms with Crippen LogP contribution in [0.25, 0.3) is 11.5 Å². The Morgan fingerprint density at radius 2 is 1.96 bits per heavy atom. The van der Waals surface area contributed by atoms with Crippen molar-refractivity contribution in [1.29, 1.82) is 0 Å². The van der Waals surface area contributed by atoms with Gasteiger partial charge in [-0.3, -0.25) is 4.79 Å². The zero-order chi connectivity index (χ0) is 19.0. The van der Waals surface area contributed by atoms with Gasteiger partial charge in [0.15, 0.2) is 0 Å². The van der Waals surface area contributed by atoms with E-state index in [1.165, 1.54) is 11.8 Å². The number of thioether (sulfide) groups is 1. The van der Waals surface area contributed by atoms with Gasteiger partial charge in [-0.25, -0.2) is 4.98 Å². The highest BCUT2D eigenvalue weighted by Crippen LogP contribution is 2.25. The number of carboxylic acids is 1. The van der Waals surface area contributed by atoms with E-state index >= 15 is 0 Å². The summed E-state index contributed by atoms with van der Waals surface area (Å²) >= 11 is 1.47. The number of benzene rings is 1. The van der Waals surface area contributed by atoms with Crippen LogP contribution in [0.4, 0.5) is 0 Å². The molecule has 0 fully saturated rings. The van der Waals surface area contributed by atoms with Crippen molar-refractivity contribution in [2.45, 2.75) is 44.8 Å². The van der Waals surface area contributed by atoms with Crippen LogP contribution in [0, 0.1) is 6.92 Å². The molecule has 26 heavy (non-hydrogen) atoms. The smallest absolute Gasteiger partial charge is 0.319 e. The molecule has 6 heteroatoms.